The van der Waals surface area contributed by atoms with Crippen molar-refractivity contribution in [3.63, 3.8) is 0 Å². The molecule has 0 radical (unpaired) electrons. The molecule has 4 nitrogen and oxygen atoms in total. The molecule has 106 valence electrons. The third-order valence-corrected chi connectivity index (χ3v) is 2.59. The minimum Gasteiger partial charge on any atom is -0.444 e. The molecule has 1 rings (SSSR count). The first kappa shape index (κ1) is 15.8. The first-order chi connectivity index (χ1) is 8.80. The number of nitrogens with one attached hydrogen (secondary N) is 1. The zero-order valence-electron chi connectivity index (χ0n) is 11.4. The van der Waals surface area contributed by atoms with E-state index in [1.807, 2.05) is 12.1 Å². The first-order valence-corrected chi connectivity index (χ1v) is 6.53. The summed E-state index contributed by atoms with van der Waals surface area (Å²) in [5.41, 5.74) is 0.434. The summed E-state index contributed by atoms with van der Waals surface area (Å²) < 4.78 is 5.14. The quantitative estimate of drug-likeness (QED) is 0.894. The summed E-state index contributed by atoms with van der Waals surface area (Å²) >= 11 is 5.80. The lowest BCUT2D eigenvalue weighted by molar-refractivity contribution is 0.0483. The molecule has 0 bridgehead atoms. The van der Waals surface area contributed by atoms with Gasteiger partial charge in [-0.1, -0.05) is 23.7 Å². The van der Waals surface area contributed by atoms with Gasteiger partial charge in [-0.25, -0.2) is 4.79 Å². The van der Waals surface area contributed by atoms with E-state index >= 15 is 0 Å². The predicted molar refractivity (Wildman–Crippen MR) is 75.4 cm³/mol. The van der Waals surface area contributed by atoms with Crippen molar-refractivity contribution >= 4 is 17.7 Å². The minimum absolute atomic E-state index is 0.151. The van der Waals surface area contributed by atoms with Crippen molar-refractivity contribution in [3.05, 3.63) is 34.9 Å². The van der Waals surface area contributed by atoms with Crippen LogP contribution in [0.25, 0.3) is 0 Å². The van der Waals surface area contributed by atoms with Crippen molar-refractivity contribution < 1.29 is 14.6 Å². The number of halogens is 1. The molecule has 0 aliphatic heterocycles. The van der Waals surface area contributed by atoms with Crippen molar-refractivity contribution in [1.82, 2.24) is 5.32 Å². The van der Waals surface area contributed by atoms with Crippen LogP contribution >= 0.6 is 11.6 Å². The SMILES string of the molecule is CC(C)(C)OC(=O)NC(CO)Cc1ccc(Cl)cc1. The third kappa shape index (κ3) is 6.45. The topological polar surface area (TPSA) is 58.6 Å². The van der Waals surface area contributed by atoms with Crippen LogP contribution in [-0.2, 0) is 11.2 Å². The van der Waals surface area contributed by atoms with Gasteiger partial charge >= 0.3 is 6.09 Å². The van der Waals surface area contributed by atoms with Crippen LogP contribution in [0, 0.1) is 0 Å². The van der Waals surface area contributed by atoms with E-state index in [9.17, 15) is 9.90 Å². The van der Waals surface area contributed by atoms with E-state index < -0.39 is 11.7 Å². The van der Waals surface area contributed by atoms with Crippen LogP contribution in [0.5, 0.6) is 0 Å². The van der Waals surface area contributed by atoms with Gasteiger partial charge in [0.15, 0.2) is 0 Å². The molecule has 0 aromatic heterocycles. The number of hydrogen-bond donors (Lipinski definition) is 2. The molecule has 1 amide bonds. The van der Waals surface area contributed by atoms with Gasteiger partial charge in [-0.15, -0.1) is 0 Å². The van der Waals surface area contributed by atoms with Gasteiger partial charge in [0.2, 0.25) is 0 Å². The molecule has 0 aliphatic rings. The van der Waals surface area contributed by atoms with Gasteiger partial charge in [0.1, 0.15) is 5.60 Å². The zero-order valence-corrected chi connectivity index (χ0v) is 12.2. The van der Waals surface area contributed by atoms with Crippen LogP contribution in [0.4, 0.5) is 4.79 Å². The van der Waals surface area contributed by atoms with E-state index in [2.05, 4.69) is 5.32 Å². The fraction of sp³-hybridized carbons (Fsp3) is 0.500. The monoisotopic (exact) mass is 285 g/mol. The molecule has 2 N–H and O–H groups in total. The van der Waals surface area contributed by atoms with Crippen molar-refractivity contribution in [2.75, 3.05) is 6.61 Å². The molecule has 0 aliphatic carbocycles. The molecule has 1 aromatic carbocycles. The number of benzene rings is 1. The summed E-state index contributed by atoms with van der Waals surface area (Å²) in [5, 5.41) is 12.6. The number of carbonyl (C=O) groups excluding carboxylic acids is 1. The van der Waals surface area contributed by atoms with Crippen LogP contribution in [0.1, 0.15) is 26.3 Å². The maximum Gasteiger partial charge on any atom is 0.407 e. The molecule has 1 atom stereocenters. The van der Waals surface area contributed by atoms with Crippen LogP contribution in [0.3, 0.4) is 0 Å². The van der Waals surface area contributed by atoms with Gasteiger partial charge in [-0.3, -0.25) is 0 Å². The Labute approximate surface area is 118 Å². The molecular weight excluding hydrogens is 266 g/mol. The zero-order chi connectivity index (χ0) is 14.5. The Morgan fingerprint density at radius 3 is 2.42 bits per heavy atom. The Morgan fingerprint density at radius 1 is 1.37 bits per heavy atom. The molecule has 0 heterocycles. The second-order valence-corrected chi connectivity index (χ2v) is 5.79. The van der Waals surface area contributed by atoms with Crippen molar-refractivity contribution in [2.45, 2.75) is 38.8 Å². The summed E-state index contributed by atoms with van der Waals surface area (Å²) in [5.74, 6) is 0. The molecule has 1 aromatic rings. The number of hydrogen-bond acceptors (Lipinski definition) is 3. The second-order valence-electron chi connectivity index (χ2n) is 5.36. The third-order valence-electron chi connectivity index (χ3n) is 2.34. The summed E-state index contributed by atoms with van der Waals surface area (Å²) in [6.07, 6.45) is -0.00656. The van der Waals surface area contributed by atoms with Crippen LogP contribution in [0.15, 0.2) is 24.3 Å². The highest BCUT2D eigenvalue weighted by Crippen LogP contribution is 2.12. The largest absolute Gasteiger partial charge is 0.444 e. The molecule has 19 heavy (non-hydrogen) atoms. The average Bonchev–Trinajstić information content (AvgIpc) is 2.28. The lowest BCUT2D eigenvalue weighted by Crippen LogP contribution is -2.42. The van der Waals surface area contributed by atoms with E-state index in [1.165, 1.54) is 0 Å². The summed E-state index contributed by atoms with van der Waals surface area (Å²) in [7, 11) is 0. The van der Waals surface area contributed by atoms with E-state index in [4.69, 9.17) is 16.3 Å². The number of carbonyl (C=O) groups is 1. The second kappa shape index (κ2) is 6.78. The Balaban J connectivity index is 2.54. The average molecular weight is 286 g/mol. The number of aliphatic hydroxyl groups excluding tert-OH is 1. The van der Waals surface area contributed by atoms with E-state index in [1.54, 1.807) is 32.9 Å². The fourth-order valence-corrected chi connectivity index (χ4v) is 1.67. The number of amides is 1. The molecule has 0 saturated heterocycles. The van der Waals surface area contributed by atoms with E-state index in [0.29, 0.717) is 11.4 Å². The van der Waals surface area contributed by atoms with Crippen molar-refractivity contribution in [2.24, 2.45) is 0 Å². The molecule has 0 saturated carbocycles. The molecule has 0 fully saturated rings. The normalized spacial score (nSPS) is 12.9. The molecule has 0 spiro atoms. The van der Waals surface area contributed by atoms with Crippen LogP contribution < -0.4 is 5.32 Å². The van der Waals surface area contributed by atoms with Gasteiger partial charge in [0.05, 0.1) is 12.6 Å². The number of rotatable bonds is 4. The highest BCUT2D eigenvalue weighted by molar-refractivity contribution is 6.30. The summed E-state index contributed by atoms with van der Waals surface area (Å²) in [6, 6.07) is 6.90. The van der Waals surface area contributed by atoms with Crippen molar-refractivity contribution in [3.8, 4) is 0 Å². The molecule has 1 unspecified atom stereocenters. The highest BCUT2D eigenvalue weighted by Gasteiger charge is 2.19. The Bertz CT molecular complexity index is 412. The highest BCUT2D eigenvalue weighted by atomic mass is 35.5. The van der Waals surface area contributed by atoms with Gasteiger partial charge < -0.3 is 15.2 Å². The minimum atomic E-state index is -0.551. The number of ether oxygens (including phenoxy) is 1. The van der Waals surface area contributed by atoms with Gasteiger partial charge in [-0.05, 0) is 44.9 Å². The Kier molecular flexibility index (Phi) is 5.63. The van der Waals surface area contributed by atoms with E-state index in [-0.39, 0.29) is 12.6 Å². The summed E-state index contributed by atoms with van der Waals surface area (Å²) in [4.78, 5) is 11.6. The van der Waals surface area contributed by atoms with Gasteiger partial charge in [-0.2, -0.15) is 0 Å². The maximum atomic E-state index is 11.6. The predicted octanol–water partition coefficient (Wildman–Crippen LogP) is 2.77. The Hall–Kier alpha value is -1.26. The standard InChI is InChI=1S/C14H20ClNO3/c1-14(2,3)19-13(18)16-12(9-17)8-10-4-6-11(15)7-5-10/h4-7,12,17H,8-9H2,1-3H3,(H,16,18). The molecule has 5 heteroatoms. The lowest BCUT2D eigenvalue weighted by atomic mass is 10.1. The lowest BCUT2D eigenvalue weighted by Gasteiger charge is -2.22. The summed E-state index contributed by atoms with van der Waals surface area (Å²) in [6.45, 7) is 5.22. The van der Waals surface area contributed by atoms with Gasteiger partial charge in [0, 0.05) is 5.02 Å². The number of alkyl carbamates (subject to hydrolysis) is 1. The number of aliphatic hydroxyl groups is 1. The molecular formula is C14H20ClNO3. The van der Waals surface area contributed by atoms with E-state index in [0.717, 1.165) is 5.56 Å². The van der Waals surface area contributed by atoms with Crippen molar-refractivity contribution in [1.29, 1.82) is 0 Å². The van der Waals surface area contributed by atoms with Crippen LogP contribution in [0.2, 0.25) is 5.02 Å². The maximum absolute atomic E-state index is 11.6. The van der Waals surface area contributed by atoms with Gasteiger partial charge in [0.25, 0.3) is 0 Å². The Morgan fingerprint density at radius 2 is 1.95 bits per heavy atom. The van der Waals surface area contributed by atoms with Crippen LogP contribution in [-0.4, -0.2) is 29.4 Å². The fourth-order valence-electron chi connectivity index (χ4n) is 1.54. The first-order valence-electron chi connectivity index (χ1n) is 6.15. The smallest absolute Gasteiger partial charge is 0.407 e.